The number of benzene rings is 1. The van der Waals surface area contributed by atoms with Gasteiger partial charge in [0.05, 0.1) is 54.1 Å². The minimum Gasteiger partial charge on any atom is -0.415 e. The summed E-state index contributed by atoms with van der Waals surface area (Å²) in [6.45, 7) is 3.10. The molecule has 0 saturated carbocycles. The number of rotatable bonds is 7. The standard InChI is InChI=1S/C29H26F3N7O3/c30-23-10-24-25(9-22(23)17-3-1-7-33-11-17)39(20-4-2-8-37(14-20)21-15-41-16-21)29(40)38(24)13-19-6-5-18(12-34-19)27-35-36-28(42-27)26(31)32/h1,3,5-7,9-12,20-21,26H,2,4,8,13-16H2. The number of piperidine rings is 1. The van der Waals surface area contributed by atoms with E-state index in [2.05, 4.69) is 25.1 Å². The Bertz CT molecular complexity index is 1780. The highest BCUT2D eigenvalue weighted by molar-refractivity contribution is 5.83. The molecule has 216 valence electrons. The maximum absolute atomic E-state index is 15.6. The molecule has 1 atom stereocenters. The van der Waals surface area contributed by atoms with E-state index < -0.39 is 18.1 Å². The average molecular weight is 578 g/mol. The molecule has 0 N–H and O–H groups in total. The lowest BCUT2D eigenvalue weighted by molar-refractivity contribution is -0.0751. The number of ether oxygens (including phenoxy) is 1. The van der Waals surface area contributed by atoms with Crippen molar-refractivity contribution in [1.29, 1.82) is 0 Å². The Morgan fingerprint density at radius 3 is 2.60 bits per heavy atom. The van der Waals surface area contributed by atoms with Crippen LogP contribution in [0.5, 0.6) is 0 Å². The molecule has 10 nitrogen and oxygen atoms in total. The van der Waals surface area contributed by atoms with Crippen molar-refractivity contribution in [3.8, 4) is 22.6 Å². The van der Waals surface area contributed by atoms with Gasteiger partial charge in [0.25, 0.3) is 5.89 Å². The van der Waals surface area contributed by atoms with E-state index >= 15 is 4.39 Å². The average Bonchev–Trinajstić information content (AvgIpc) is 3.57. The summed E-state index contributed by atoms with van der Waals surface area (Å²) in [4.78, 5) is 25.0. The van der Waals surface area contributed by atoms with Crippen LogP contribution in [0.15, 0.2) is 64.2 Å². The molecule has 7 rings (SSSR count). The first-order chi connectivity index (χ1) is 20.5. The normalized spacial score (nSPS) is 18.1. The van der Waals surface area contributed by atoms with Crippen LogP contribution in [-0.2, 0) is 11.3 Å². The summed E-state index contributed by atoms with van der Waals surface area (Å²) in [5, 5.41) is 7.00. The number of hydrogen-bond donors (Lipinski definition) is 0. The van der Waals surface area contributed by atoms with Gasteiger partial charge in [-0.25, -0.2) is 9.18 Å². The summed E-state index contributed by atoms with van der Waals surface area (Å²) in [5.74, 6) is -1.32. The van der Waals surface area contributed by atoms with Crippen molar-refractivity contribution in [3.05, 3.63) is 82.9 Å². The van der Waals surface area contributed by atoms with Gasteiger partial charge in [-0.3, -0.25) is 24.0 Å². The van der Waals surface area contributed by atoms with Crippen molar-refractivity contribution < 1.29 is 22.3 Å². The van der Waals surface area contributed by atoms with Crippen molar-refractivity contribution in [1.82, 2.24) is 34.2 Å². The van der Waals surface area contributed by atoms with Crippen LogP contribution in [-0.4, -0.2) is 66.5 Å². The van der Waals surface area contributed by atoms with Gasteiger partial charge in [-0.05, 0) is 43.7 Å². The minimum atomic E-state index is -2.87. The van der Waals surface area contributed by atoms with Crippen LogP contribution in [0.1, 0.15) is 36.9 Å². The fourth-order valence-electron chi connectivity index (χ4n) is 5.75. The van der Waals surface area contributed by atoms with E-state index in [-0.39, 0.29) is 24.2 Å². The van der Waals surface area contributed by atoms with Crippen LogP contribution in [0.3, 0.4) is 0 Å². The van der Waals surface area contributed by atoms with Gasteiger partial charge < -0.3 is 9.15 Å². The largest absolute Gasteiger partial charge is 0.415 e. The van der Waals surface area contributed by atoms with Crippen molar-refractivity contribution >= 4 is 11.0 Å². The molecule has 6 heterocycles. The van der Waals surface area contributed by atoms with Gasteiger partial charge in [0.1, 0.15) is 5.82 Å². The number of pyridine rings is 2. The molecule has 1 unspecified atom stereocenters. The second-order valence-corrected chi connectivity index (χ2v) is 10.6. The van der Waals surface area contributed by atoms with E-state index in [0.29, 0.717) is 59.2 Å². The van der Waals surface area contributed by atoms with Gasteiger partial charge in [0.2, 0.25) is 5.89 Å². The summed E-state index contributed by atoms with van der Waals surface area (Å²) in [6.07, 6.45) is 3.52. The number of hydrogen-bond acceptors (Lipinski definition) is 8. The molecular weight excluding hydrogens is 551 g/mol. The zero-order valence-electron chi connectivity index (χ0n) is 22.4. The summed E-state index contributed by atoms with van der Waals surface area (Å²) in [7, 11) is 0. The second kappa shape index (κ2) is 10.8. The Morgan fingerprint density at radius 2 is 1.90 bits per heavy atom. The topological polar surface area (TPSA) is 104 Å². The molecule has 0 aliphatic carbocycles. The number of likely N-dealkylation sites (tertiary alicyclic amines) is 1. The van der Waals surface area contributed by atoms with E-state index in [4.69, 9.17) is 9.15 Å². The first kappa shape index (κ1) is 26.5. The number of nitrogens with zero attached hydrogens (tertiary/aromatic N) is 7. The number of aromatic nitrogens is 6. The second-order valence-electron chi connectivity index (χ2n) is 10.6. The van der Waals surface area contributed by atoms with Crippen LogP contribution >= 0.6 is 0 Å². The molecule has 2 aliphatic heterocycles. The zero-order valence-corrected chi connectivity index (χ0v) is 22.4. The van der Waals surface area contributed by atoms with E-state index in [1.54, 1.807) is 47.3 Å². The monoisotopic (exact) mass is 577 g/mol. The fourth-order valence-corrected chi connectivity index (χ4v) is 5.75. The molecule has 0 amide bonds. The van der Waals surface area contributed by atoms with Crippen molar-refractivity contribution in [2.45, 2.75) is 37.9 Å². The van der Waals surface area contributed by atoms with E-state index in [0.717, 1.165) is 19.4 Å². The number of halogens is 3. The van der Waals surface area contributed by atoms with E-state index in [1.165, 1.54) is 16.8 Å². The molecule has 2 aliphatic rings. The van der Waals surface area contributed by atoms with Crippen molar-refractivity contribution in [2.24, 2.45) is 0 Å². The molecule has 1 aromatic carbocycles. The third kappa shape index (κ3) is 4.77. The molecule has 4 aromatic heterocycles. The SMILES string of the molecule is O=c1n(Cc2ccc(-c3nnc(C(F)F)o3)cn2)c2cc(F)c(-c3cccnc3)cc2n1C1CCCN(C2COC2)C1. The number of fused-ring (bicyclic) bond motifs is 1. The van der Waals surface area contributed by atoms with Gasteiger partial charge in [-0.15, -0.1) is 10.2 Å². The Kier molecular flexibility index (Phi) is 6.82. The Balaban J connectivity index is 1.28. The quantitative estimate of drug-likeness (QED) is 0.279. The molecular formula is C29H26F3N7O3. The predicted molar refractivity (Wildman–Crippen MR) is 145 cm³/mol. The highest BCUT2D eigenvalue weighted by atomic mass is 19.3. The summed E-state index contributed by atoms with van der Waals surface area (Å²) in [6, 6.07) is 10.2. The van der Waals surface area contributed by atoms with E-state index in [1.807, 2.05) is 0 Å². The molecule has 0 radical (unpaired) electrons. The molecule has 0 spiro atoms. The first-order valence-corrected chi connectivity index (χ1v) is 13.7. The number of imidazole rings is 1. The smallest absolute Gasteiger partial charge is 0.329 e. The highest BCUT2D eigenvalue weighted by Gasteiger charge is 2.33. The molecule has 13 heteroatoms. The minimum absolute atomic E-state index is 0.0767. The maximum Gasteiger partial charge on any atom is 0.329 e. The van der Waals surface area contributed by atoms with Crippen LogP contribution in [0.2, 0.25) is 0 Å². The molecule has 2 saturated heterocycles. The van der Waals surface area contributed by atoms with Crippen LogP contribution in [0.25, 0.3) is 33.6 Å². The first-order valence-electron chi connectivity index (χ1n) is 13.7. The van der Waals surface area contributed by atoms with Gasteiger partial charge in [-0.2, -0.15) is 8.78 Å². The highest BCUT2D eigenvalue weighted by Crippen LogP contribution is 2.32. The fraction of sp³-hybridized carbons (Fsp3) is 0.345. The third-order valence-corrected chi connectivity index (χ3v) is 7.97. The third-order valence-electron chi connectivity index (χ3n) is 7.97. The van der Waals surface area contributed by atoms with Crippen molar-refractivity contribution in [3.63, 3.8) is 0 Å². The van der Waals surface area contributed by atoms with Crippen LogP contribution in [0.4, 0.5) is 13.2 Å². The predicted octanol–water partition coefficient (Wildman–Crippen LogP) is 4.47. The van der Waals surface area contributed by atoms with Crippen molar-refractivity contribution in [2.75, 3.05) is 26.3 Å². The van der Waals surface area contributed by atoms with Crippen LogP contribution < -0.4 is 5.69 Å². The van der Waals surface area contributed by atoms with Crippen LogP contribution in [0, 0.1) is 5.82 Å². The molecule has 42 heavy (non-hydrogen) atoms. The Labute approximate surface area is 237 Å². The molecule has 5 aromatic rings. The summed E-state index contributed by atoms with van der Waals surface area (Å²) >= 11 is 0. The van der Waals surface area contributed by atoms with Gasteiger partial charge in [0.15, 0.2) is 0 Å². The lowest BCUT2D eigenvalue weighted by atomic mass is 10.0. The van der Waals surface area contributed by atoms with E-state index in [9.17, 15) is 13.6 Å². The maximum atomic E-state index is 15.6. The molecule has 0 bridgehead atoms. The lowest BCUT2D eigenvalue weighted by Crippen LogP contribution is -2.53. The summed E-state index contributed by atoms with van der Waals surface area (Å²) in [5.41, 5.74) is 2.71. The number of alkyl halides is 2. The van der Waals surface area contributed by atoms with Gasteiger partial charge >= 0.3 is 12.1 Å². The Morgan fingerprint density at radius 1 is 1.02 bits per heavy atom. The van der Waals surface area contributed by atoms with Gasteiger partial charge in [-0.1, -0.05) is 6.07 Å². The zero-order chi connectivity index (χ0) is 28.8. The lowest BCUT2D eigenvalue weighted by Gasteiger charge is -2.42. The van der Waals surface area contributed by atoms with Gasteiger partial charge in [0, 0.05) is 42.3 Å². The molecule has 2 fully saturated rings. The Hall–Kier alpha value is -4.36. The summed E-state index contributed by atoms with van der Waals surface area (Å²) < 4.78 is 55.0.